The molecule has 0 spiro atoms. The summed E-state index contributed by atoms with van der Waals surface area (Å²) in [6.45, 7) is 2.56. The van der Waals surface area contributed by atoms with Crippen molar-refractivity contribution in [3.05, 3.63) is 65.7 Å². The molecule has 0 radical (unpaired) electrons. The summed E-state index contributed by atoms with van der Waals surface area (Å²) in [4.78, 5) is 17.4. The van der Waals surface area contributed by atoms with Crippen molar-refractivity contribution >= 4 is 21.8 Å². The Morgan fingerprint density at radius 1 is 1.11 bits per heavy atom. The van der Waals surface area contributed by atoms with E-state index in [9.17, 15) is 13.2 Å². The van der Waals surface area contributed by atoms with Gasteiger partial charge in [-0.2, -0.15) is 0 Å². The minimum atomic E-state index is -3.61. The van der Waals surface area contributed by atoms with Crippen molar-refractivity contribution < 1.29 is 13.2 Å². The number of fused-ring (bicyclic) bond motifs is 1. The first kappa shape index (κ1) is 20.1. The maximum Gasteiger partial charge on any atom is 0.263 e. The van der Waals surface area contributed by atoms with Gasteiger partial charge in [-0.1, -0.05) is 62.2 Å². The SMILES string of the molecule is CCCCC(N=C1NS(=O)(=O)c2ccccc21)C(=O)NCCc1ccccc1. The van der Waals surface area contributed by atoms with E-state index in [1.807, 2.05) is 37.3 Å². The van der Waals surface area contributed by atoms with Crippen LogP contribution in [-0.2, 0) is 21.2 Å². The third-order valence-corrected chi connectivity index (χ3v) is 6.03. The molecule has 7 heteroatoms. The minimum absolute atomic E-state index is 0.180. The first-order valence-electron chi connectivity index (χ1n) is 9.53. The van der Waals surface area contributed by atoms with Gasteiger partial charge in [0, 0.05) is 12.1 Å². The Morgan fingerprint density at radius 2 is 1.82 bits per heavy atom. The fraction of sp³-hybridized carbons (Fsp3) is 0.333. The van der Waals surface area contributed by atoms with Crippen LogP contribution >= 0.6 is 0 Å². The molecule has 0 aromatic heterocycles. The lowest BCUT2D eigenvalue weighted by Gasteiger charge is -2.14. The number of amides is 1. The number of amidine groups is 1. The van der Waals surface area contributed by atoms with Crippen LogP contribution in [0.5, 0.6) is 0 Å². The number of aliphatic imine (C=N–C) groups is 1. The maximum atomic E-state index is 12.7. The molecule has 1 aliphatic rings. The molecule has 2 aromatic carbocycles. The van der Waals surface area contributed by atoms with Crippen molar-refractivity contribution in [2.24, 2.45) is 4.99 Å². The van der Waals surface area contributed by atoms with Gasteiger partial charge in [0.1, 0.15) is 11.9 Å². The molecular formula is C21H25N3O3S. The summed E-state index contributed by atoms with van der Waals surface area (Å²) < 4.78 is 27.0. The largest absolute Gasteiger partial charge is 0.354 e. The second-order valence-electron chi connectivity index (χ2n) is 6.76. The van der Waals surface area contributed by atoms with Crippen LogP contribution in [0.2, 0.25) is 0 Å². The summed E-state index contributed by atoms with van der Waals surface area (Å²) >= 11 is 0. The van der Waals surface area contributed by atoms with Gasteiger partial charge in [0.25, 0.3) is 10.0 Å². The second kappa shape index (κ2) is 9.01. The molecule has 0 fully saturated rings. The highest BCUT2D eigenvalue weighted by Gasteiger charge is 2.31. The molecule has 2 N–H and O–H groups in total. The number of benzene rings is 2. The van der Waals surface area contributed by atoms with Crippen LogP contribution in [-0.4, -0.2) is 32.7 Å². The van der Waals surface area contributed by atoms with Crippen molar-refractivity contribution in [1.82, 2.24) is 10.0 Å². The Balaban J connectivity index is 1.73. The maximum absolute atomic E-state index is 12.7. The molecule has 1 amide bonds. The number of unbranched alkanes of at least 4 members (excludes halogenated alkanes) is 1. The highest BCUT2D eigenvalue weighted by Crippen LogP contribution is 2.23. The molecule has 1 heterocycles. The monoisotopic (exact) mass is 399 g/mol. The van der Waals surface area contributed by atoms with Crippen LogP contribution in [0.1, 0.15) is 37.3 Å². The number of sulfonamides is 1. The molecular weight excluding hydrogens is 374 g/mol. The molecule has 1 atom stereocenters. The number of nitrogens with one attached hydrogen (secondary N) is 2. The fourth-order valence-corrected chi connectivity index (χ4v) is 4.37. The lowest BCUT2D eigenvalue weighted by atomic mass is 10.1. The van der Waals surface area contributed by atoms with E-state index >= 15 is 0 Å². The molecule has 28 heavy (non-hydrogen) atoms. The van der Waals surface area contributed by atoms with Crippen molar-refractivity contribution in [3.8, 4) is 0 Å². The third kappa shape index (κ3) is 4.78. The fourth-order valence-electron chi connectivity index (χ4n) is 3.13. The smallest absolute Gasteiger partial charge is 0.263 e. The highest BCUT2D eigenvalue weighted by molar-refractivity contribution is 7.90. The van der Waals surface area contributed by atoms with Gasteiger partial charge in [-0.15, -0.1) is 0 Å². The van der Waals surface area contributed by atoms with Gasteiger partial charge in [0.15, 0.2) is 0 Å². The van der Waals surface area contributed by atoms with Crippen LogP contribution in [0.15, 0.2) is 64.5 Å². The van der Waals surface area contributed by atoms with Crippen molar-refractivity contribution in [2.75, 3.05) is 6.54 Å². The van der Waals surface area contributed by atoms with Crippen molar-refractivity contribution in [2.45, 2.75) is 43.5 Å². The summed E-state index contributed by atoms with van der Waals surface area (Å²) in [5, 5.41) is 2.94. The summed E-state index contributed by atoms with van der Waals surface area (Å²) in [7, 11) is -3.61. The van der Waals surface area contributed by atoms with Crippen molar-refractivity contribution in [3.63, 3.8) is 0 Å². The molecule has 6 nitrogen and oxygen atoms in total. The van der Waals surface area contributed by atoms with E-state index in [1.165, 1.54) is 0 Å². The van der Waals surface area contributed by atoms with Gasteiger partial charge >= 0.3 is 0 Å². The molecule has 3 rings (SSSR count). The Hall–Kier alpha value is -2.67. The van der Waals surface area contributed by atoms with Crippen LogP contribution < -0.4 is 10.0 Å². The average Bonchev–Trinajstić information content (AvgIpc) is 2.96. The van der Waals surface area contributed by atoms with Gasteiger partial charge in [-0.05, 0) is 30.5 Å². The predicted octanol–water partition coefficient (Wildman–Crippen LogP) is 2.64. The molecule has 0 aliphatic carbocycles. The van der Waals surface area contributed by atoms with Crippen molar-refractivity contribution in [1.29, 1.82) is 0 Å². The van der Waals surface area contributed by atoms with Gasteiger partial charge in [0.2, 0.25) is 5.91 Å². The summed E-state index contributed by atoms with van der Waals surface area (Å²) in [6.07, 6.45) is 3.07. The minimum Gasteiger partial charge on any atom is -0.354 e. The zero-order valence-corrected chi connectivity index (χ0v) is 16.7. The van der Waals surface area contributed by atoms with E-state index in [0.717, 1.165) is 24.8 Å². The first-order valence-corrected chi connectivity index (χ1v) is 11.0. The van der Waals surface area contributed by atoms with Gasteiger partial charge in [0.05, 0.1) is 4.90 Å². The number of nitrogens with zero attached hydrogens (tertiary/aromatic N) is 1. The van der Waals surface area contributed by atoms with Crippen LogP contribution in [0, 0.1) is 0 Å². The Morgan fingerprint density at radius 3 is 2.57 bits per heavy atom. The number of carbonyl (C=O) groups is 1. The topological polar surface area (TPSA) is 87.6 Å². The molecule has 1 unspecified atom stereocenters. The molecule has 1 aliphatic heterocycles. The number of carbonyl (C=O) groups excluding carboxylic acids is 1. The lowest BCUT2D eigenvalue weighted by molar-refractivity contribution is -0.122. The normalized spacial score (nSPS) is 17.0. The Kier molecular flexibility index (Phi) is 6.46. The number of rotatable bonds is 8. The van der Waals surface area contributed by atoms with E-state index < -0.39 is 16.1 Å². The number of hydrogen-bond acceptors (Lipinski definition) is 4. The lowest BCUT2D eigenvalue weighted by Crippen LogP contribution is -2.36. The standard InChI is InChI=1S/C21H25N3O3S/c1-2-3-12-18(21(25)22-15-14-16-9-5-4-6-10-16)23-20-17-11-7-8-13-19(17)28(26,27)24-20/h4-11,13,18H,2-3,12,14-15H2,1H3,(H,22,25)(H,23,24). The van der Waals surface area contributed by atoms with E-state index in [4.69, 9.17) is 0 Å². The molecule has 0 saturated carbocycles. The van der Waals surface area contributed by atoms with E-state index in [-0.39, 0.29) is 16.6 Å². The summed E-state index contributed by atoms with van der Waals surface area (Å²) in [5.74, 6) is 0.0652. The average molecular weight is 400 g/mol. The molecule has 0 bridgehead atoms. The van der Waals surface area contributed by atoms with Gasteiger partial charge in [-0.25, -0.2) is 8.42 Å². The van der Waals surface area contributed by atoms with E-state index in [1.54, 1.807) is 24.3 Å². The summed E-state index contributed by atoms with van der Waals surface area (Å²) in [5.41, 5.74) is 1.66. The molecule has 2 aromatic rings. The first-order chi connectivity index (χ1) is 13.5. The highest BCUT2D eigenvalue weighted by atomic mass is 32.2. The van der Waals surface area contributed by atoms with Crippen LogP contribution in [0.4, 0.5) is 0 Å². The van der Waals surface area contributed by atoms with Crippen LogP contribution in [0.25, 0.3) is 0 Å². The molecule has 148 valence electrons. The molecule has 0 saturated heterocycles. The van der Waals surface area contributed by atoms with E-state index in [0.29, 0.717) is 18.5 Å². The zero-order valence-electron chi connectivity index (χ0n) is 15.9. The van der Waals surface area contributed by atoms with Gasteiger partial charge < -0.3 is 5.32 Å². The van der Waals surface area contributed by atoms with Gasteiger partial charge in [-0.3, -0.25) is 14.5 Å². The van der Waals surface area contributed by atoms with E-state index in [2.05, 4.69) is 15.0 Å². The summed E-state index contributed by atoms with van der Waals surface area (Å²) in [6, 6.07) is 16.0. The predicted molar refractivity (Wildman–Crippen MR) is 110 cm³/mol. The number of hydrogen-bond donors (Lipinski definition) is 2. The Bertz CT molecular complexity index is 956. The van der Waals surface area contributed by atoms with Crippen LogP contribution in [0.3, 0.4) is 0 Å². The Labute approximate surface area is 166 Å². The third-order valence-electron chi connectivity index (χ3n) is 4.64. The second-order valence-corrected chi connectivity index (χ2v) is 8.41. The quantitative estimate of drug-likeness (QED) is 0.715. The zero-order chi connectivity index (χ0) is 20.0.